The Kier molecular flexibility index (Phi) is 4.41. The number of carbonyl (C=O) groups excluding carboxylic acids is 1. The molecular formula is C12H18N2O4S. The summed E-state index contributed by atoms with van der Waals surface area (Å²) >= 11 is 0. The van der Waals surface area contributed by atoms with Crippen LogP contribution in [0.5, 0.6) is 5.75 Å². The van der Waals surface area contributed by atoms with Gasteiger partial charge in [0.05, 0.1) is 17.7 Å². The minimum Gasteiger partial charge on any atom is -0.497 e. The van der Waals surface area contributed by atoms with Crippen LogP contribution in [0.25, 0.3) is 0 Å². The van der Waals surface area contributed by atoms with Crippen molar-refractivity contribution in [1.29, 1.82) is 0 Å². The fourth-order valence-corrected chi connectivity index (χ4v) is 3.11. The fourth-order valence-electron chi connectivity index (χ4n) is 1.57. The number of hydrogen-bond donors (Lipinski definition) is 1. The highest BCUT2D eigenvalue weighted by Crippen LogP contribution is 2.27. The van der Waals surface area contributed by atoms with Gasteiger partial charge in [-0.3, -0.25) is 4.79 Å². The van der Waals surface area contributed by atoms with E-state index in [1.807, 2.05) is 0 Å². The van der Waals surface area contributed by atoms with E-state index in [1.54, 1.807) is 6.07 Å². The summed E-state index contributed by atoms with van der Waals surface area (Å²) in [6, 6.07) is 4.33. The lowest BCUT2D eigenvalue weighted by atomic mass is 10.3. The Morgan fingerprint density at radius 1 is 1.37 bits per heavy atom. The number of ether oxygens (including phenoxy) is 1. The molecule has 0 aromatic heterocycles. The van der Waals surface area contributed by atoms with E-state index in [-0.39, 0.29) is 10.6 Å². The van der Waals surface area contributed by atoms with E-state index in [0.29, 0.717) is 5.75 Å². The van der Waals surface area contributed by atoms with Gasteiger partial charge in [-0.1, -0.05) is 0 Å². The number of nitrogen functional groups attached to an aromatic ring is 1. The van der Waals surface area contributed by atoms with Crippen LogP contribution in [-0.2, 0) is 14.6 Å². The maximum Gasteiger partial charge on any atom is 0.240 e. The fraction of sp³-hybridized carbons (Fsp3) is 0.417. The number of anilines is 1. The third kappa shape index (κ3) is 2.98. The minimum absolute atomic E-state index is 0.0884. The van der Waals surface area contributed by atoms with Crippen molar-refractivity contribution in [3.05, 3.63) is 18.2 Å². The van der Waals surface area contributed by atoms with Crippen LogP contribution >= 0.6 is 0 Å². The molecule has 1 atom stereocenters. The van der Waals surface area contributed by atoms with Gasteiger partial charge in [0.1, 0.15) is 11.0 Å². The van der Waals surface area contributed by atoms with Crippen molar-refractivity contribution in [2.24, 2.45) is 0 Å². The summed E-state index contributed by atoms with van der Waals surface area (Å²) in [7, 11) is 0.591. The smallest absolute Gasteiger partial charge is 0.240 e. The lowest BCUT2D eigenvalue weighted by Crippen LogP contribution is -2.37. The number of methoxy groups -OCH3 is 1. The normalized spacial score (nSPS) is 12.8. The van der Waals surface area contributed by atoms with E-state index in [1.165, 1.54) is 45.2 Å². The van der Waals surface area contributed by atoms with Gasteiger partial charge in [-0.05, 0) is 19.1 Å². The van der Waals surface area contributed by atoms with E-state index in [4.69, 9.17) is 10.5 Å². The molecule has 1 aromatic carbocycles. The zero-order valence-electron chi connectivity index (χ0n) is 11.4. The third-order valence-corrected chi connectivity index (χ3v) is 4.88. The van der Waals surface area contributed by atoms with E-state index in [2.05, 4.69) is 0 Å². The number of nitrogens with two attached hydrogens (primary N) is 1. The second kappa shape index (κ2) is 5.48. The number of sulfone groups is 1. The highest BCUT2D eigenvalue weighted by molar-refractivity contribution is 7.93. The summed E-state index contributed by atoms with van der Waals surface area (Å²) in [6.07, 6.45) is 0. The maximum absolute atomic E-state index is 12.4. The molecule has 0 bridgehead atoms. The second-order valence-corrected chi connectivity index (χ2v) is 6.56. The van der Waals surface area contributed by atoms with Crippen molar-refractivity contribution >= 4 is 21.4 Å². The molecule has 0 heterocycles. The van der Waals surface area contributed by atoms with Crippen LogP contribution in [-0.4, -0.2) is 45.7 Å². The van der Waals surface area contributed by atoms with Gasteiger partial charge in [0.2, 0.25) is 5.91 Å². The highest BCUT2D eigenvalue weighted by Gasteiger charge is 2.32. The van der Waals surface area contributed by atoms with Crippen LogP contribution in [0.1, 0.15) is 6.92 Å². The van der Waals surface area contributed by atoms with Crippen LogP contribution in [0.15, 0.2) is 23.1 Å². The Morgan fingerprint density at radius 2 is 1.95 bits per heavy atom. The van der Waals surface area contributed by atoms with Crippen molar-refractivity contribution in [3.8, 4) is 5.75 Å². The van der Waals surface area contributed by atoms with Crippen LogP contribution in [0.2, 0.25) is 0 Å². The quantitative estimate of drug-likeness (QED) is 0.815. The van der Waals surface area contributed by atoms with E-state index < -0.39 is 21.0 Å². The number of rotatable bonds is 4. The molecule has 0 aliphatic carbocycles. The number of carbonyl (C=O) groups is 1. The molecule has 6 nitrogen and oxygen atoms in total. The number of benzene rings is 1. The molecule has 1 aromatic rings. The maximum atomic E-state index is 12.4. The SMILES string of the molecule is COc1ccc(N)c(S(=O)(=O)C(C)C(=O)N(C)C)c1. The van der Waals surface area contributed by atoms with Gasteiger partial charge in [-0.25, -0.2) is 8.42 Å². The molecule has 1 unspecified atom stereocenters. The number of hydrogen-bond acceptors (Lipinski definition) is 5. The first-order chi connectivity index (χ1) is 8.71. The van der Waals surface area contributed by atoms with Gasteiger partial charge in [-0.15, -0.1) is 0 Å². The summed E-state index contributed by atoms with van der Waals surface area (Å²) in [5, 5.41) is -1.20. The van der Waals surface area contributed by atoms with Crippen molar-refractivity contribution in [2.45, 2.75) is 17.1 Å². The molecule has 1 rings (SSSR count). The molecule has 7 heteroatoms. The zero-order valence-corrected chi connectivity index (χ0v) is 12.2. The summed E-state index contributed by atoms with van der Waals surface area (Å²) in [5.41, 5.74) is 5.78. The predicted molar refractivity (Wildman–Crippen MR) is 72.7 cm³/mol. The summed E-state index contributed by atoms with van der Waals surface area (Å²) in [5.74, 6) is -0.125. The second-order valence-electron chi connectivity index (χ2n) is 4.32. The summed E-state index contributed by atoms with van der Waals surface area (Å²) < 4.78 is 29.7. The van der Waals surface area contributed by atoms with Crippen molar-refractivity contribution in [1.82, 2.24) is 4.90 Å². The average molecular weight is 286 g/mol. The standard InChI is InChI=1S/C12H18N2O4S/c1-8(12(15)14(2)3)19(16,17)11-7-9(18-4)5-6-10(11)13/h5-8H,13H2,1-4H3. The first-order valence-electron chi connectivity index (χ1n) is 5.60. The van der Waals surface area contributed by atoms with Crippen LogP contribution in [0.4, 0.5) is 5.69 Å². The Morgan fingerprint density at radius 3 is 2.42 bits per heavy atom. The lowest BCUT2D eigenvalue weighted by molar-refractivity contribution is -0.127. The van der Waals surface area contributed by atoms with Gasteiger partial charge in [0.15, 0.2) is 9.84 Å². The van der Waals surface area contributed by atoms with Gasteiger partial charge in [-0.2, -0.15) is 0 Å². The summed E-state index contributed by atoms with van der Waals surface area (Å²) in [4.78, 5) is 12.9. The van der Waals surface area contributed by atoms with Crippen molar-refractivity contribution in [3.63, 3.8) is 0 Å². The van der Waals surface area contributed by atoms with E-state index in [0.717, 1.165) is 0 Å². The molecule has 2 N–H and O–H groups in total. The first kappa shape index (κ1) is 15.3. The molecule has 0 aliphatic heterocycles. The first-order valence-corrected chi connectivity index (χ1v) is 7.15. The van der Waals surface area contributed by atoms with Gasteiger partial charge >= 0.3 is 0 Å². The molecule has 0 radical (unpaired) electrons. The third-order valence-electron chi connectivity index (χ3n) is 2.78. The molecule has 106 valence electrons. The Labute approximate surface area is 113 Å². The van der Waals surface area contributed by atoms with Crippen molar-refractivity contribution in [2.75, 3.05) is 26.9 Å². The van der Waals surface area contributed by atoms with E-state index in [9.17, 15) is 13.2 Å². The molecule has 0 aliphatic rings. The topological polar surface area (TPSA) is 89.7 Å². The Hall–Kier alpha value is -1.76. The number of nitrogens with zero attached hydrogens (tertiary/aromatic N) is 1. The monoisotopic (exact) mass is 286 g/mol. The molecular weight excluding hydrogens is 268 g/mol. The molecule has 0 saturated heterocycles. The highest BCUT2D eigenvalue weighted by atomic mass is 32.2. The van der Waals surface area contributed by atoms with E-state index >= 15 is 0 Å². The molecule has 0 fully saturated rings. The molecule has 0 spiro atoms. The van der Waals surface area contributed by atoms with Gasteiger partial charge in [0, 0.05) is 20.2 Å². The Bertz CT molecular complexity index is 581. The average Bonchev–Trinajstić information content (AvgIpc) is 2.37. The van der Waals surface area contributed by atoms with Crippen molar-refractivity contribution < 1.29 is 17.9 Å². The Balaban J connectivity index is 3.31. The van der Waals surface area contributed by atoms with Crippen LogP contribution in [0.3, 0.4) is 0 Å². The zero-order chi connectivity index (χ0) is 14.8. The summed E-state index contributed by atoms with van der Waals surface area (Å²) in [6.45, 7) is 1.34. The van der Waals surface area contributed by atoms with Crippen LogP contribution in [0, 0.1) is 0 Å². The predicted octanol–water partition coefficient (Wildman–Crippen LogP) is 0.528. The molecule has 1 amide bonds. The minimum atomic E-state index is -3.84. The molecule has 19 heavy (non-hydrogen) atoms. The largest absolute Gasteiger partial charge is 0.497 e. The number of amides is 1. The molecule has 0 saturated carbocycles. The van der Waals surface area contributed by atoms with Gasteiger partial charge in [0.25, 0.3) is 0 Å². The van der Waals surface area contributed by atoms with Gasteiger partial charge < -0.3 is 15.4 Å². The van der Waals surface area contributed by atoms with Crippen LogP contribution < -0.4 is 10.5 Å². The lowest BCUT2D eigenvalue weighted by Gasteiger charge is -2.18.